The Morgan fingerprint density at radius 3 is 2.88 bits per heavy atom. The Balaban J connectivity index is 2.45. The lowest BCUT2D eigenvalue weighted by Crippen LogP contribution is -2.18. The normalized spacial score (nSPS) is 12.7. The van der Waals surface area contributed by atoms with E-state index < -0.39 is 0 Å². The first-order valence-corrected chi connectivity index (χ1v) is 6.79. The summed E-state index contributed by atoms with van der Waals surface area (Å²) in [5, 5.41) is 5.96. The summed E-state index contributed by atoms with van der Waals surface area (Å²) in [6.45, 7) is 0. The highest BCUT2D eigenvalue weighted by Crippen LogP contribution is 2.34. The van der Waals surface area contributed by atoms with Gasteiger partial charge < -0.3 is 5.32 Å². The Kier molecular flexibility index (Phi) is 3.97. The molecule has 1 N–H and O–H groups in total. The van der Waals surface area contributed by atoms with Gasteiger partial charge in [-0.2, -0.15) is 0 Å². The van der Waals surface area contributed by atoms with Crippen molar-refractivity contribution in [3.05, 3.63) is 49.8 Å². The van der Waals surface area contributed by atoms with E-state index in [2.05, 4.69) is 26.2 Å². The molecule has 2 aromatic rings. The highest BCUT2D eigenvalue weighted by Gasteiger charge is 2.19. The highest BCUT2D eigenvalue weighted by atomic mass is 79.9. The molecule has 0 spiro atoms. The van der Waals surface area contributed by atoms with E-state index in [-0.39, 0.29) is 6.04 Å². The summed E-state index contributed by atoms with van der Waals surface area (Å²) in [5.41, 5.74) is 0.856. The van der Waals surface area contributed by atoms with Crippen LogP contribution in [0.15, 0.2) is 34.2 Å². The van der Waals surface area contributed by atoms with E-state index in [1.54, 1.807) is 17.5 Å². The van der Waals surface area contributed by atoms with Crippen LogP contribution in [0.2, 0.25) is 5.02 Å². The van der Waals surface area contributed by atoms with E-state index in [1.807, 2.05) is 30.6 Å². The monoisotopic (exact) mass is 316 g/mol. The molecule has 2 aromatic heterocycles. The van der Waals surface area contributed by atoms with Crippen molar-refractivity contribution in [2.75, 3.05) is 7.05 Å². The molecular formula is C11H10BrClN2S. The van der Waals surface area contributed by atoms with Crippen LogP contribution in [0.3, 0.4) is 0 Å². The number of aromatic nitrogens is 1. The van der Waals surface area contributed by atoms with Crippen LogP contribution in [-0.4, -0.2) is 12.0 Å². The van der Waals surface area contributed by atoms with Crippen LogP contribution < -0.4 is 5.32 Å². The lowest BCUT2D eigenvalue weighted by atomic mass is 10.1. The van der Waals surface area contributed by atoms with Crippen LogP contribution in [0, 0.1) is 0 Å². The number of pyridine rings is 1. The van der Waals surface area contributed by atoms with Crippen LogP contribution in [0.1, 0.15) is 16.6 Å². The van der Waals surface area contributed by atoms with Gasteiger partial charge in [-0.15, -0.1) is 11.3 Å². The van der Waals surface area contributed by atoms with Gasteiger partial charge in [-0.1, -0.05) is 11.6 Å². The number of halogens is 2. The Morgan fingerprint density at radius 1 is 1.50 bits per heavy atom. The molecule has 16 heavy (non-hydrogen) atoms. The maximum absolute atomic E-state index is 6.15. The first kappa shape index (κ1) is 12.0. The minimum absolute atomic E-state index is 0.0306. The number of nitrogens with zero attached hydrogens (tertiary/aromatic N) is 1. The van der Waals surface area contributed by atoms with Crippen molar-refractivity contribution >= 4 is 38.9 Å². The summed E-state index contributed by atoms with van der Waals surface area (Å²) in [4.78, 5) is 5.52. The third kappa shape index (κ3) is 2.30. The van der Waals surface area contributed by atoms with E-state index >= 15 is 0 Å². The first-order chi connectivity index (χ1) is 7.74. The van der Waals surface area contributed by atoms with Crippen molar-refractivity contribution in [2.45, 2.75) is 6.04 Å². The average Bonchev–Trinajstić information content (AvgIpc) is 2.69. The van der Waals surface area contributed by atoms with Crippen LogP contribution >= 0.6 is 38.9 Å². The third-order valence-electron chi connectivity index (χ3n) is 2.26. The van der Waals surface area contributed by atoms with E-state index in [4.69, 9.17) is 11.6 Å². The quantitative estimate of drug-likeness (QED) is 0.929. The molecule has 0 fully saturated rings. The van der Waals surface area contributed by atoms with Gasteiger partial charge in [0.05, 0.1) is 16.8 Å². The summed E-state index contributed by atoms with van der Waals surface area (Å²) in [6, 6.07) is 5.75. The number of nitrogens with one attached hydrogen (secondary N) is 1. The van der Waals surface area contributed by atoms with Crippen molar-refractivity contribution in [1.82, 2.24) is 10.3 Å². The molecular weight excluding hydrogens is 308 g/mol. The molecule has 0 aliphatic rings. The molecule has 5 heteroatoms. The number of hydrogen-bond acceptors (Lipinski definition) is 3. The van der Waals surface area contributed by atoms with Gasteiger partial charge in [-0.25, -0.2) is 0 Å². The van der Waals surface area contributed by atoms with E-state index in [0.717, 1.165) is 10.2 Å². The molecule has 1 atom stereocenters. The molecule has 0 radical (unpaired) electrons. The molecule has 0 aromatic carbocycles. The standard InChI is InChI=1S/C11H10BrClN2S/c1-14-10(11-7(12)4-6-16-11)9-8(13)3-2-5-15-9/h2-6,10,14H,1H3. The Bertz CT molecular complexity index is 486. The zero-order chi connectivity index (χ0) is 11.5. The fraction of sp³-hybridized carbons (Fsp3) is 0.182. The van der Waals surface area contributed by atoms with Crippen molar-refractivity contribution < 1.29 is 0 Å². The fourth-order valence-electron chi connectivity index (χ4n) is 1.51. The molecule has 0 amide bonds. The van der Waals surface area contributed by atoms with E-state index in [1.165, 1.54) is 4.88 Å². The van der Waals surface area contributed by atoms with Gasteiger partial charge in [-0.05, 0) is 46.6 Å². The lowest BCUT2D eigenvalue weighted by molar-refractivity contribution is 0.680. The van der Waals surface area contributed by atoms with Gasteiger partial charge in [0.2, 0.25) is 0 Å². The van der Waals surface area contributed by atoms with Crippen molar-refractivity contribution in [3.63, 3.8) is 0 Å². The van der Waals surface area contributed by atoms with Crippen LogP contribution in [-0.2, 0) is 0 Å². The summed E-state index contributed by atoms with van der Waals surface area (Å²) in [6.07, 6.45) is 1.76. The third-order valence-corrected chi connectivity index (χ3v) is 4.51. The van der Waals surface area contributed by atoms with Gasteiger partial charge >= 0.3 is 0 Å². The SMILES string of the molecule is CNC(c1ncccc1Cl)c1sccc1Br. The molecule has 2 nitrogen and oxygen atoms in total. The van der Waals surface area contributed by atoms with Gasteiger partial charge in [0.15, 0.2) is 0 Å². The number of hydrogen-bond donors (Lipinski definition) is 1. The van der Waals surface area contributed by atoms with E-state index in [9.17, 15) is 0 Å². The summed E-state index contributed by atoms with van der Waals surface area (Å²) >= 11 is 11.4. The maximum Gasteiger partial charge on any atom is 0.0869 e. The van der Waals surface area contributed by atoms with Crippen LogP contribution in [0.25, 0.3) is 0 Å². The smallest absolute Gasteiger partial charge is 0.0869 e. The van der Waals surface area contributed by atoms with Crippen LogP contribution in [0.4, 0.5) is 0 Å². The fourth-order valence-corrected chi connectivity index (χ4v) is 3.46. The molecule has 0 aliphatic heterocycles. The van der Waals surface area contributed by atoms with Gasteiger partial charge in [0.25, 0.3) is 0 Å². The van der Waals surface area contributed by atoms with Crippen molar-refractivity contribution in [3.8, 4) is 0 Å². The number of thiophene rings is 1. The van der Waals surface area contributed by atoms with Gasteiger partial charge in [0.1, 0.15) is 0 Å². The second-order valence-electron chi connectivity index (χ2n) is 3.22. The summed E-state index contributed by atoms with van der Waals surface area (Å²) in [7, 11) is 1.90. The van der Waals surface area contributed by atoms with Crippen LogP contribution in [0.5, 0.6) is 0 Å². The van der Waals surface area contributed by atoms with E-state index in [0.29, 0.717) is 5.02 Å². The topological polar surface area (TPSA) is 24.9 Å². The second kappa shape index (κ2) is 5.27. The zero-order valence-corrected chi connectivity index (χ0v) is 11.7. The molecule has 2 heterocycles. The molecule has 0 aliphatic carbocycles. The molecule has 2 rings (SSSR count). The number of rotatable bonds is 3. The Hall–Kier alpha value is -0.420. The Morgan fingerprint density at radius 2 is 2.31 bits per heavy atom. The largest absolute Gasteiger partial charge is 0.307 e. The minimum Gasteiger partial charge on any atom is -0.307 e. The average molecular weight is 318 g/mol. The zero-order valence-electron chi connectivity index (χ0n) is 8.58. The molecule has 1 unspecified atom stereocenters. The molecule has 0 saturated carbocycles. The highest BCUT2D eigenvalue weighted by molar-refractivity contribution is 9.10. The van der Waals surface area contributed by atoms with Crippen molar-refractivity contribution in [2.24, 2.45) is 0 Å². The molecule has 0 bridgehead atoms. The Labute approximate surface area is 112 Å². The first-order valence-electron chi connectivity index (χ1n) is 4.74. The van der Waals surface area contributed by atoms with Gasteiger partial charge in [0, 0.05) is 15.5 Å². The molecule has 84 valence electrons. The summed E-state index contributed by atoms with van der Waals surface area (Å²) < 4.78 is 1.08. The van der Waals surface area contributed by atoms with Crippen molar-refractivity contribution in [1.29, 1.82) is 0 Å². The lowest BCUT2D eigenvalue weighted by Gasteiger charge is -2.15. The van der Waals surface area contributed by atoms with Gasteiger partial charge in [-0.3, -0.25) is 4.98 Å². The molecule has 0 saturated heterocycles. The minimum atomic E-state index is 0.0306. The summed E-state index contributed by atoms with van der Waals surface area (Å²) in [5.74, 6) is 0. The maximum atomic E-state index is 6.15. The predicted octanol–water partition coefficient (Wildman–Crippen LogP) is 3.87. The predicted molar refractivity (Wildman–Crippen MR) is 72.2 cm³/mol. The second-order valence-corrected chi connectivity index (χ2v) is 5.43.